The van der Waals surface area contributed by atoms with Crippen molar-refractivity contribution < 1.29 is 28.6 Å². The summed E-state index contributed by atoms with van der Waals surface area (Å²) >= 11 is 0. The Morgan fingerprint density at radius 1 is 0.857 bits per heavy atom. The summed E-state index contributed by atoms with van der Waals surface area (Å²) in [5, 5.41) is 2.63. The highest BCUT2D eigenvalue weighted by Gasteiger charge is 2.26. The standard InChI is InChI=1S/C28H29NO6/c1-28(2,3)35-27(32)29-25(26(31)33-19-22-7-5-4-6-8-22)17-20-9-13-23(14-10-20)34-24-15-11-21(18-30)12-16-24/h4-16,18,25H,17,19H2,1-3H3,(H,29,32). The molecule has 0 aliphatic rings. The molecule has 7 heteroatoms. The maximum atomic E-state index is 12.8. The fourth-order valence-electron chi connectivity index (χ4n) is 3.15. The molecule has 1 atom stereocenters. The van der Waals surface area contributed by atoms with Gasteiger partial charge in [0.05, 0.1) is 0 Å². The number of amides is 1. The third-order valence-corrected chi connectivity index (χ3v) is 4.81. The number of esters is 1. The van der Waals surface area contributed by atoms with Crippen molar-refractivity contribution in [3.05, 3.63) is 95.6 Å². The van der Waals surface area contributed by atoms with E-state index in [2.05, 4.69) is 5.32 Å². The van der Waals surface area contributed by atoms with E-state index in [1.54, 1.807) is 57.2 Å². The van der Waals surface area contributed by atoms with Gasteiger partial charge in [-0.2, -0.15) is 0 Å². The number of ether oxygens (including phenoxy) is 3. The lowest BCUT2D eigenvalue weighted by atomic mass is 10.1. The Morgan fingerprint density at radius 3 is 2.03 bits per heavy atom. The van der Waals surface area contributed by atoms with Crippen LogP contribution in [0.1, 0.15) is 42.3 Å². The number of hydrogen-bond acceptors (Lipinski definition) is 6. The van der Waals surface area contributed by atoms with Gasteiger partial charge in [-0.25, -0.2) is 9.59 Å². The van der Waals surface area contributed by atoms with Crippen LogP contribution in [0.25, 0.3) is 0 Å². The van der Waals surface area contributed by atoms with Crippen molar-refractivity contribution in [1.29, 1.82) is 0 Å². The monoisotopic (exact) mass is 475 g/mol. The summed E-state index contributed by atoms with van der Waals surface area (Å²) in [5.74, 6) is 0.628. The van der Waals surface area contributed by atoms with Gasteiger partial charge in [-0.3, -0.25) is 4.79 Å². The van der Waals surface area contributed by atoms with E-state index in [9.17, 15) is 14.4 Å². The van der Waals surface area contributed by atoms with Gasteiger partial charge in [-0.05, 0) is 68.3 Å². The van der Waals surface area contributed by atoms with Crippen LogP contribution in [0.4, 0.5) is 4.79 Å². The lowest BCUT2D eigenvalue weighted by Gasteiger charge is -2.23. The largest absolute Gasteiger partial charge is 0.459 e. The molecule has 0 spiro atoms. The topological polar surface area (TPSA) is 90.9 Å². The Labute approximate surface area is 205 Å². The predicted octanol–water partition coefficient (Wildman–Crippen LogP) is 5.47. The second-order valence-electron chi connectivity index (χ2n) is 8.93. The minimum Gasteiger partial charge on any atom is -0.459 e. The molecule has 7 nitrogen and oxygen atoms in total. The van der Waals surface area contributed by atoms with Crippen LogP contribution in [0, 0.1) is 0 Å². The SMILES string of the molecule is CC(C)(C)OC(=O)NC(Cc1ccc(Oc2ccc(C=O)cc2)cc1)C(=O)OCc1ccccc1. The van der Waals surface area contributed by atoms with Crippen molar-refractivity contribution in [3.63, 3.8) is 0 Å². The molecule has 0 aliphatic heterocycles. The van der Waals surface area contributed by atoms with Crippen LogP contribution in [-0.4, -0.2) is 30.0 Å². The first kappa shape index (κ1) is 25.5. The quantitative estimate of drug-likeness (QED) is 0.326. The molecule has 1 unspecified atom stereocenters. The van der Waals surface area contributed by atoms with Crippen molar-refractivity contribution in [1.82, 2.24) is 5.32 Å². The summed E-state index contributed by atoms with van der Waals surface area (Å²) in [5.41, 5.74) is 1.51. The van der Waals surface area contributed by atoms with Gasteiger partial charge in [0.25, 0.3) is 0 Å². The zero-order chi connectivity index (χ0) is 25.3. The van der Waals surface area contributed by atoms with Crippen molar-refractivity contribution in [2.75, 3.05) is 0 Å². The van der Waals surface area contributed by atoms with Crippen LogP contribution in [0.15, 0.2) is 78.9 Å². The van der Waals surface area contributed by atoms with Crippen molar-refractivity contribution in [2.45, 2.75) is 45.4 Å². The van der Waals surface area contributed by atoms with E-state index in [4.69, 9.17) is 14.2 Å². The van der Waals surface area contributed by atoms with Gasteiger partial charge in [0.2, 0.25) is 0 Å². The Morgan fingerprint density at radius 2 is 1.46 bits per heavy atom. The maximum absolute atomic E-state index is 12.8. The van der Waals surface area contributed by atoms with E-state index in [0.717, 1.165) is 17.4 Å². The first-order chi connectivity index (χ1) is 16.7. The van der Waals surface area contributed by atoms with Gasteiger partial charge in [-0.15, -0.1) is 0 Å². The Kier molecular flexibility index (Phi) is 8.62. The first-order valence-corrected chi connectivity index (χ1v) is 11.2. The van der Waals surface area contributed by atoms with Crippen LogP contribution < -0.4 is 10.1 Å². The van der Waals surface area contributed by atoms with E-state index in [1.807, 2.05) is 42.5 Å². The van der Waals surface area contributed by atoms with Gasteiger partial charge in [0.15, 0.2) is 0 Å². The van der Waals surface area contributed by atoms with E-state index in [0.29, 0.717) is 17.1 Å². The van der Waals surface area contributed by atoms with Crippen LogP contribution in [0.3, 0.4) is 0 Å². The number of nitrogens with one attached hydrogen (secondary N) is 1. The number of alkyl carbamates (subject to hydrolysis) is 1. The highest BCUT2D eigenvalue weighted by atomic mass is 16.6. The molecule has 35 heavy (non-hydrogen) atoms. The minimum absolute atomic E-state index is 0.0991. The van der Waals surface area contributed by atoms with E-state index in [-0.39, 0.29) is 13.0 Å². The molecule has 0 saturated carbocycles. The minimum atomic E-state index is -0.934. The second-order valence-corrected chi connectivity index (χ2v) is 8.93. The fourth-order valence-corrected chi connectivity index (χ4v) is 3.15. The number of benzene rings is 3. The Hall–Kier alpha value is -4.13. The molecule has 0 radical (unpaired) electrons. The number of carbonyl (C=O) groups excluding carboxylic acids is 3. The molecule has 3 rings (SSSR count). The van der Waals surface area contributed by atoms with Gasteiger partial charge < -0.3 is 19.5 Å². The highest BCUT2D eigenvalue weighted by molar-refractivity contribution is 5.81. The van der Waals surface area contributed by atoms with Crippen molar-refractivity contribution in [2.24, 2.45) is 0 Å². The molecule has 0 heterocycles. The molecule has 0 aliphatic carbocycles. The smallest absolute Gasteiger partial charge is 0.408 e. The van der Waals surface area contributed by atoms with Crippen LogP contribution in [-0.2, 0) is 27.3 Å². The number of aldehydes is 1. The molecule has 0 bridgehead atoms. The van der Waals surface area contributed by atoms with Gasteiger partial charge in [-0.1, -0.05) is 42.5 Å². The maximum Gasteiger partial charge on any atom is 0.408 e. The third-order valence-electron chi connectivity index (χ3n) is 4.81. The molecule has 3 aromatic carbocycles. The molecule has 0 fully saturated rings. The molecular formula is C28H29NO6. The number of rotatable bonds is 9. The molecule has 0 saturated heterocycles. The van der Waals surface area contributed by atoms with Crippen LogP contribution >= 0.6 is 0 Å². The van der Waals surface area contributed by atoms with Crippen molar-refractivity contribution in [3.8, 4) is 11.5 Å². The zero-order valence-electron chi connectivity index (χ0n) is 20.0. The van der Waals surface area contributed by atoms with Crippen LogP contribution in [0.5, 0.6) is 11.5 Å². The average molecular weight is 476 g/mol. The fraction of sp³-hybridized carbons (Fsp3) is 0.250. The number of hydrogen-bond donors (Lipinski definition) is 1. The second kappa shape index (κ2) is 11.8. The van der Waals surface area contributed by atoms with E-state index in [1.165, 1.54) is 0 Å². The molecule has 182 valence electrons. The molecule has 1 amide bonds. The summed E-state index contributed by atoms with van der Waals surface area (Å²) in [4.78, 5) is 36.0. The average Bonchev–Trinajstić information content (AvgIpc) is 2.83. The summed E-state index contributed by atoms with van der Waals surface area (Å²) in [6.45, 7) is 5.35. The van der Waals surface area contributed by atoms with E-state index < -0.39 is 23.7 Å². The van der Waals surface area contributed by atoms with Crippen LogP contribution in [0.2, 0.25) is 0 Å². The molecular weight excluding hydrogens is 446 g/mol. The van der Waals surface area contributed by atoms with Gasteiger partial charge >= 0.3 is 12.1 Å². The molecule has 0 aromatic heterocycles. The first-order valence-electron chi connectivity index (χ1n) is 11.2. The molecule has 1 N–H and O–H groups in total. The highest BCUT2D eigenvalue weighted by Crippen LogP contribution is 2.22. The summed E-state index contributed by atoms with van der Waals surface area (Å²) in [7, 11) is 0. The summed E-state index contributed by atoms with van der Waals surface area (Å²) in [6, 6.07) is 22.3. The summed E-state index contributed by atoms with van der Waals surface area (Å²) < 4.78 is 16.6. The van der Waals surface area contributed by atoms with Gasteiger partial charge in [0, 0.05) is 12.0 Å². The lowest BCUT2D eigenvalue weighted by molar-refractivity contribution is -0.147. The number of carbonyl (C=O) groups is 3. The summed E-state index contributed by atoms with van der Waals surface area (Å²) in [6.07, 6.45) is 0.282. The normalized spacial score (nSPS) is 11.7. The van der Waals surface area contributed by atoms with E-state index >= 15 is 0 Å². The van der Waals surface area contributed by atoms with Crippen molar-refractivity contribution >= 4 is 18.3 Å². The lowest BCUT2D eigenvalue weighted by Crippen LogP contribution is -2.45. The third kappa shape index (κ3) is 8.62. The predicted molar refractivity (Wildman–Crippen MR) is 131 cm³/mol. The molecule has 3 aromatic rings. The zero-order valence-corrected chi connectivity index (χ0v) is 20.0. The Balaban J connectivity index is 1.66. The Bertz CT molecular complexity index is 1120. The van der Waals surface area contributed by atoms with Gasteiger partial charge in [0.1, 0.15) is 36.0 Å².